The molecule has 0 aliphatic heterocycles. The minimum absolute atomic E-state index is 0.0296. The Morgan fingerprint density at radius 1 is 1.19 bits per heavy atom. The van der Waals surface area contributed by atoms with E-state index in [-0.39, 0.29) is 18.2 Å². The molecule has 4 saturated carbocycles. The molecule has 16 heavy (non-hydrogen) atoms. The van der Waals surface area contributed by atoms with Crippen molar-refractivity contribution in [2.45, 2.75) is 44.1 Å². The summed E-state index contributed by atoms with van der Waals surface area (Å²) in [5.74, 6) is 2.51. The van der Waals surface area contributed by atoms with Crippen LogP contribution in [0.3, 0.4) is 0 Å². The third-order valence-corrected chi connectivity index (χ3v) is 4.62. The lowest BCUT2D eigenvalue weighted by Crippen LogP contribution is -2.59. The number of nitrogens with one attached hydrogen (secondary N) is 1. The summed E-state index contributed by atoms with van der Waals surface area (Å²) < 4.78 is 4.81. The molecule has 0 unspecified atom stereocenters. The highest BCUT2D eigenvalue weighted by atomic mass is 16.5. The maximum Gasteiger partial charge on any atom is 0.407 e. The molecule has 4 fully saturated rings. The zero-order valence-corrected chi connectivity index (χ0v) is 9.58. The van der Waals surface area contributed by atoms with Crippen LogP contribution >= 0.6 is 0 Å². The van der Waals surface area contributed by atoms with E-state index in [4.69, 9.17) is 11.7 Å². The van der Waals surface area contributed by atoms with Crippen molar-refractivity contribution in [2.24, 2.45) is 17.8 Å². The maximum atomic E-state index is 11.5. The predicted octanol–water partition coefficient (Wildman–Crippen LogP) is 2.39. The zero-order valence-electron chi connectivity index (χ0n) is 9.58. The molecule has 0 atom stereocenters. The summed E-state index contributed by atoms with van der Waals surface area (Å²) in [6.07, 6.45) is 7.27. The van der Waals surface area contributed by atoms with Gasteiger partial charge in [-0.05, 0) is 56.3 Å². The van der Waals surface area contributed by atoms with Crippen LogP contribution in [0.4, 0.5) is 4.79 Å². The number of carbonyl (C=O) groups is 1. The van der Waals surface area contributed by atoms with Gasteiger partial charge in [-0.15, -0.1) is 0 Å². The van der Waals surface area contributed by atoms with Crippen molar-refractivity contribution in [2.75, 3.05) is 6.61 Å². The molecule has 0 aromatic heterocycles. The van der Waals surface area contributed by atoms with E-state index in [0.29, 0.717) is 0 Å². The van der Waals surface area contributed by atoms with Crippen LogP contribution in [0.2, 0.25) is 0 Å². The second-order valence-electron chi connectivity index (χ2n) is 5.92. The van der Waals surface area contributed by atoms with Gasteiger partial charge in [0.1, 0.15) is 0 Å². The average Bonchev–Trinajstić information content (AvgIpc) is 2.13. The van der Waals surface area contributed by atoms with Crippen LogP contribution in [-0.4, -0.2) is 18.2 Å². The van der Waals surface area contributed by atoms with Crippen molar-refractivity contribution in [3.8, 4) is 0 Å². The molecule has 4 aliphatic carbocycles. The van der Waals surface area contributed by atoms with E-state index in [1.165, 1.54) is 19.3 Å². The molecule has 0 heterocycles. The van der Waals surface area contributed by atoms with Gasteiger partial charge in [0.05, 0.1) is 6.61 Å². The van der Waals surface area contributed by atoms with E-state index < -0.39 is 0 Å². The number of hydrogen-bond acceptors (Lipinski definition) is 2. The molecule has 0 saturated heterocycles. The van der Waals surface area contributed by atoms with Crippen LogP contribution in [0.25, 0.3) is 0 Å². The molecular weight excluding hydrogens is 202 g/mol. The standard InChI is InChI=1S/C13H19NO2/c1-2-16-12(15)14-13-6-9-3-10(7-13)5-11(4-9)8-13/h1,9-11H,2-8H2,(H,14,15). The van der Waals surface area contributed by atoms with Crippen LogP contribution in [0.15, 0.2) is 0 Å². The Morgan fingerprint density at radius 3 is 2.12 bits per heavy atom. The monoisotopic (exact) mass is 221 g/mol. The van der Waals surface area contributed by atoms with Crippen LogP contribution in [-0.2, 0) is 4.74 Å². The highest BCUT2D eigenvalue weighted by Crippen LogP contribution is 2.55. The molecule has 0 aromatic rings. The third-order valence-electron chi connectivity index (χ3n) is 4.62. The first-order valence-electron chi connectivity index (χ1n) is 6.34. The Bertz CT molecular complexity index is 265. The van der Waals surface area contributed by atoms with Crippen molar-refractivity contribution in [3.63, 3.8) is 0 Å². The van der Waals surface area contributed by atoms with Gasteiger partial charge in [0.25, 0.3) is 0 Å². The van der Waals surface area contributed by atoms with E-state index in [2.05, 4.69) is 5.32 Å². The molecule has 88 valence electrons. The average molecular weight is 221 g/mol. The van der Waals surface area contributed by atoms with E-state index >= 15 is 0 Å². The lowest BCUT2D eigenvalue weighted by Gasteiger charge is -2.56. The Kier molecular flexibility index (Phi) is 2.37. The van der Waals surface area contributed by atoms with Gasteiger partial charge in [-0.2, -0.15) is 0 Å². The maximum absolute atomic E-state index is 11.5. The molecule has 3 nitrogen and oxygen atoms in total. The van der Waals surface area contributed by atoms with Crippen molar-refractivity contribution in [1.29, 1.82) is 0 Å². The van der Waals surface area contributed by atoms with Crippen molar-refractivity contribution >= 4 is 6.09 Å². The van der Waals surface area contributed by atoms with Gasteiger partial charge in [0.15, 0.2) is 0 Å². The second-order valence-corrected chi connectivity index (χ2v) is 5.92. The first-order valence-corrected chi connectivity index (χ1v) is 6.34. The minimum Gasteiger partial charge on any atom is -0.449 e. The van der Waals surface area contributed by atoms with Gasteiger partial charge in [-0.3, -0.25) is 0 Å². The first kappa shape index (κ1) is 10.4. The number of amides is 1. The number of rotatable bonds is 2. The Balaban J connectivity index is 1.71. The molecular formula is C13H19NO2. The number of alkyl carbamates (subject to hydrolysis) is 1. The van der Waals surface area contributed by atoms with Gasteiger partial charge in [0, 0.05) is 12.5 Å². The molecule has 0 aromatic carbocycles. The normalized spacial score (nSPS) is 44.4. The summed E-state index contributed by atoms with van der Waals surface area (Å²) in [5.41, 5.74) is 0.0427. The summed E-state index contributed by atoms with van der Waals surface area (Å²) in [4.78, 5) is 11.5. The molecule has 1 N–H and O–H groups in total. The highest BCUT2D eigenvalue weighted by Gasteiger charge is 2.51. The fraction of sp³-hybridized carbons (Fsp3) is 0.846. The van der Waals surface area contributed by atoms with Crippen LogP contribution in [0.1, 0.15) is 38.5 Å². The van der Waals surface area contributed by atoms with Gasteiger partial charge in [0.2, 0.25) is 0 Å². The molecule has 3 heteroatoms. The van der Waals surface area contributed by atoms with Gasteiger partial charge in [-0.25, -0.2) is 4.79 Å². The van der Waals surface area contributed by atoms with Crippen molar-refractivity contribution in [1.82, 2.24) is 5.32 Å². The quantitative estimate of drug-likeness (QED) is 0.777. The molecule has 4 aliphatic rings. The number of carbonyl (C=O) groups excluding carboxylic acids is 1. The minimum atomic E-state index is -0.329. The topological polar surface area (TPSA) is 38.3 Å². The lowest BCUT2D eigenvalue weighted by molar-refractivity contribution is -0.0185. The van der Waals surface area contributed by atoms with Gasteiger partial charge >= 0.3 is 6.09 Å². The van der Waals surface area contributed by atoms with Crippen LogP contribution < -0.4 is 5.32 Å². The Morgan fingerprint density at radius 2 is 1.69 bits per heavy atom. The van der Waals surface area contributed by atoms with Crippen molar-refractivity contribution in [3.05, 3.63) is 6.92 Å². The van der Waals surface area contributed by atoms with E-state index in [0.717, 1.165) is 37.0 Å². The molecule has 4 bridgehead atoms. The molecule has 0 spiro atoms. The van der Waals surface area contributed by atoms with Gasteiger partial charge in [-0.1, -0.05) is 0 Å². The zero-order chi connectivity index (χ0) is 11.2. The fourth-order valence-electron chi connectivity index (χ4n) is 4.59. The number of hydrogen-bond donors (Lipinski definition) is 1. The van der Waals surface area contributed by atoms with E-state index in [1.807, 2.05) is 0 Å². The van der Waals surface area contributed by atoms with E-state index in [9.17, 15) is 4.79 Å². The van der Waals surface area contributed by atoms with E-state index in [1.54, 1.807) is 0 Å². The SMILES string of the molecule is [CH]COC(=O)NC12CC3CC(CC(C3)C1)C2. The Labute approximate surface area is 96.9 Å². The highest BCUT2D eigenvalue weighted by molar-refractivity contribution is 5.68. The predicted molar refractivity (Wildman–Crippen MR) is 59.7 cm³/mol. The summed E-state index contributed by atoms with van der Waals surface area (Å²) >= 11 is 0. The summed E-state index contributed by atoms with van der Waals surface area (Å²) in [7, 11) is 0. The third kappa shape index (κ3) is 1.70. The largest absolute Gasteiger partial charge is 0.449 e. The summed E-state index contributed by atoms with van der Waals surface area (Å²) in [6, 6.07) is 0. The fourth-order valence-corrected chi connectivity index (χ4v) is 4.59. The second kappa shape index (κ2) is 3.64. The lowest BCUT2D eigenvalue weighted by atomic mass is 9.53. The summed E-state index contributed by atoms with van der Waals surface area (Å²) in [5, 5.41) is 3.08. The first-order chi connectivity index (χ1) is 7.69. The molecule has 4 rings (SSSR count). The van der Waals surface area contributed by atoms with Crippen LogP contribution in [0, 0.1) is 24.7 Å². The van der Waals surface area contributed by atoms with Gasteiger partial charge < -0.3 is 10.1 Å². The number of ether oxygens (including phenoxy) is 1. The van der Waals surface area contributed by atoms with Crippen LogP contribution in [0.5, 0.6) is 0 Å². The molecule has 1 amide bonds. The summed E-state index contributed by atoms with van der Waals surface area (Å²) in [6.45, 7) is 5.18. The Hall–Kier alpha value is -0.730. The smallest absolute Gasteiger partial charge is 0.407 e. The van der Waals surface area contributed by atoms with Crippen molar-refractivity contribution < 1.29 is 9.53 Å². The molecule has 2 radical (unpaired) electrons.